The summed E-state index contributed by atoms with van der Waals surface area (Å²) in [6, 6.07) is 25.7. The van der Waals surface area contributed by atoms with E-state index >= 15 is 0 Å². The number of pyridine rings is 2. The van der Waals surface area contributed by atoms with Crippen LogP contribution in [0.2, 0.25) is 0 Å². The van der Waals surface area contributed by atoms with Crippen molar-refractivity contribution >= 4 is 102 Å². The van der Waals surface area contributed by atoms with Gasteiger partial charge in [-0.05, 0) is 64.3 Å². The maximum Gasteiger partial charge on any atom is 0.347 e. The molecule has 3 aliphatic heterocycles. The summed E-state index contributed by atoms with van der Waals surface area (Å²) in [6.45, 7) is 8.00. The number of rotatable bonds is 0. The van der Waals surface area contributed by atoms with Gasteiger partial charge in [0.05, 0.1) is 21.8 Å². The van der Waals surface area contributed by atoms with E-state index in [1.165, 1.54) is 0 Å². The number of para-hydroxylation sites is 4. The Morgan fingerprint density at radius 2 is 1.34 bits per heavy atom. The van der Waals surface area contributed by atoms with E-state index in [1.807, 2.05) is 100 Å². The molecule has 0 unspecified atom stereocenters. The van der Waals surface area contributed by atoms with Gasteiger partial charge in [0.25, 0.3) is 5.56 Å². The molecule has 0 saturated heterocycles. The topological polar surface area (TPSA) is 114 Å². The van der Waals surface area contributed by atoms with Crippen LogP contribution in [0.3, 0.4) is 0 Å². The largest absolute Gasteiger partial charge is 0.378 e. The molecule has 0 saturated carbocycles. The van der Waals surface area contributed by atoms with Crippen molar-refractivity contribution in [1.82, 2.24) is 14.4 Å². The lowest BCUT2D eigenvalue weighted by Crippen LogP contribution is -2.47. The third kappa shape index (κ3) is 3.16. The van der Waals surface area contributed by atoms with Gasteiger partial charge in [0.1, 0.15) is 10.5 Å². The minimum Gasteiger partial charge on any atom is -0.378 e. The SMILES string of the molecule is CC.CC.O=c1c2ccc3c4ccc5c(=O)[n+]6c7ccccc7nc-6c6cc7c(c8c(cc(c2c38)c2[nH]c3ccccc3n12)OS7(=O)=O)c4c65. The zero-order valence-electron chi connectivity index (χ0n) is 27.4. The van der Waals surface area contributed by atoms with E-state index < -0.39 is 10.1 Å². The summed E-state index contributed by atoms with van der Waals surface area (Å²) in [5, 5.41) is 7.78. The molecule has 50 heavy (non-hydrogen) atoms. The van der Waals surface area contributed by atoms with Crippen molar-refractivity contribution in [2.45, 2.75) is 32.6 Å². The standard InChI is InChI=1S/C36H14N4O5S.2C2H6/c41-35-17-11-9-15-16-10-12-18-28-20(34-38-22-6-2-4-8-24(22)40(34)36(18)42)14-26-32(30(16)28)31-25(45-46(26,43)44)13-19(27(17)29(15)31)33-37-21-5-1-3-7-23(21)39(33)35;2*1-2/h1-14H;2*1-2H3/p+1. The van der Waals surface area contributed by atoms with Crippen molar-refractivity contribution in [1.29, 1.82) is 0 Å². The van der Waals surface area contributed by atoms with Crippen LogP contribution in [0, 0.1) is 0 Å². The summed E-state index contributed by atoms with van der Waals surface area (Å²) < 4.78 is 37.3. The van der Waals surface area contributed by atoms with Gasteiger partial charge in [-0.2, -0.15) is 8.42 Å². The van der Waals surface area contributed by atoms with Crippen molar-refractivity contribution in [3.63, 3.8) is 0 Å². The second-order valence-electron chi connectivity index (χ2n) is 12.1. The number of fused-ring (bicyclic) bond motifs is 9. The van der Waals surface area contributed by atoms with E-state index in [4.69, 9.17) is 9.17 Å². The number of hydrogen-bond acceptors (Lipinski definition) is 6. The number of nitrogens with one attached hydrogen (secondary N) is 1. The Balaban J connectivity index is 0.000000767. The number of aromatic nitrogens is 4. The van der Waals surface area contributed by atoms with Gasteiger partial charge in [0, 0.05) is 43.1 Å². The number of nitrogens with zero attached hydrogens (tertiary/aromatic N) is 3. The van der Waals surface area contributed by atoms with Crippen LogP contribution in [0.1, 0.15) is 27.7 Å². The van der Waals surface area contributed by atoms with Gasteiger partial charge in [0.15, 0.2) is 11.3 Å². The molecule has 0 atom stereocenters. The van der Waals surface area contributed by atoms with E-state index in [0.717, 1.165) is 32.6 Å². The molecule has 0 amide bonds. The van der Waals surface area contributed by atoms with E-state index in [2.05, 4.69) is 4.98 Å². The number of H-pyrrole nitrogens is 1. The van der Waals surface area contributed by atoms with Crippen LogP contribution in [0.5, 0.6) is 5.75 Å². The average molecular weight is 676 g/mol. The highest BCUT2D eigenvalue weighted by molar-refractivity contribution is 7.87. The lowest BCUT2D eigenvalue weighted by molar-refractivity contribution is -0.580. The second kappa shape index (κ2) is 9.52. The molecular weight excluding hydrogens is 649 g/mol. The number of benzene rings is 7. The normalized spacial score (nSPS) is 13.8. The van der Waals surface area contributed by atoms with E-state index in [-0.39, 0.29) is 21.8 Å². The first-order valence-corrected chi connectivity index (χ1v) is 18.1. The molecule has 5 heterocycles. The maximum atomic E-state index is 14.1. The summed E-state index contributed by atoms with van der Waals surface area (Å²) >= 11 is 0. The first kappa shape index (κ1) is 28.8. The predicted octanol–water partition coefficient (Wildman–Crippen LogP) is 7.77. The molecule has 9 nitrogen and oxygen atoms in total. The fourth-order valence-corrected chi connectivity index (χ4v) is 9.48. The molecule has 10 heteroatoms. The lowest BCUT2D eigenvalue weighted by atomic mass is 9.85. The average Bonchev–Trinajstić information content (AvgIpc) is 3.74. The predicted molar refractivity (Wildman–Crippen MR) is 199 cm³/mol. The lowest BCUT2D eigenvalue weighted by Gasteiger charge is -2.25. The van der Waals surface area contributed by atoms with Gasteiger partial charge in [-0.15, -0.1) is 4.57 Å². The van der Waals surface area contributed by atoms with Gasteiger partial charge in [0.2, 0.25) is 5.52 Å². The highest BCUT2D eigenvalue weighted by Gasteiger charge is 2.37. The van der Waals surface area contributed by atoms with Crippen LogP contribution in [0.25, 0.3) is 98.2 Å². The van der Waals surface area contributed by atoms with Crippen LogP contribution in [-0.2, 0) is 10.1 Å². The fraction of sp³-hybridized carbons (Fsp3) is 0.100. The van der Waals surface area contributed by atoms with Crippen molar-refractivity contribution < 1.29 is 17.2 Å². The van der Waals surface area contributed by atoms with Gasteiger partial charge >= 0.3 is 21.5 Å². The highest BCUT2D eigenvalue weighted by atomic mass is 32.2. The smallest absolute Gasteiger partial charge is 0.347 e. The molecule has 0 aliphatic carbocycles. The number of hydrogen-bond donors (Lipinski definition) is 1. The van der Waals surface area contributed by atoms with Gasteiger partial charge < -0.3 is 9.17 Å². The van der Waals surface area contributed by atoms with E-state index in [1.54, 1.807) is 21.1 Å². The Labute approximate surface area is 283 Å². The zero-order chi connectivity index (χ0) is 34.4. The van der Waals surface area contributed by atoms with Crippen LogP contribution in [0.4, 0.5) is 0 Å². The second-order valence-corrected chi connectivity index (χ2v) is 13.7. The summed E-state index contributed by atoms with van der Waals surface area (Å²) in [5.41, 5.74) is 2.98. The third-order valence-corrected chi connectivity index (χ3v) is 11.3. The first-order valence-electron chi connectivity index (χ1n) is 16.7. The molecule has 3 aliphatic rings. The maximum absolute atomic E-state index is 14.1. The molecule has 1 N–H and O–H groups in total. The minimum atomic E-state index is -4.30. The fourth-order valence-electron chi connectivity index (χ4n) is 8.30. The molecular formula is C40H27N4O5S+. The Bertz CT molecular complexity index is 3460. The molecule has 0 spiro atoms. The van der Waals surface area contributed by atoms with Crippen molar-refractivity contribution in [3.05, 3.63) is 106 Å². The summed E-state index contributed by atoms with van der Waals surface area (Å²) in [7, 11) is -4.30. The molecule has 2 aromatic heterocycles. The van der Waals surface area contributed by atoms with Crippen LogP contribution in [0.15, 0.2) is 99.4 Å². The summed E-state index contributed by atoms with van der Waals surface area (Å²) in [4.78, 5) is 36.5. The zero-order valence-corrected chi connectivity index (χ0v) is 28.2. The Morgan fingerprint density at radius 3 is 2.14 bits per heavy atom. The Morgan fingerprint density at radius 1 is 0.680 bits per heavy atom. The molecule has 7 aromatic carbocycles. The summed E-state index contributed by atoms with van der Waals surface area (Å²) in [6.07, 6.45) is 0. The number of imidazole rings is 2. The number of aromatic amines is 1. The monoisotopic (exact) mass is 675 g/mol. The third-order valence-electron chi connectivity index (χ3n) is 10.0. The van der Waals surface area contributed by atoms with Crippen molar-refractivity contribution in [2.24, 2.45) is 0 Å². The van der Waals surface area contributed by atoms with Crippen molar-refractivity contribution in [3.8, 4) is 11.6 Å². The minimum absolute atomic E-state index is 0.0167. The first-order chi connectivity index (χ1) is 24.4. The Kier molecular flexibility index (Phi) is 5.49. The Hall–Kier alpha value is -6.13. The molecule has 0 fully saturated rings. The van der Waals surface area contributed by atoms with Gasteiger partial charge in [-0.3, -0.25) is 9.20 Å². The molecule has 0 radical (unpaired) electrons. The highest BCUT2D eigenvalue weighted by Crippen LogP contribution is 2.53. The van der Waals surface area contributed by atoms with E-state index in [9.17, 15) is 18.0 Å². The van der Waals surface area contributed by atoms with Crippen LogP contribution >= 0.6 is 0 Å². The van der Waals surface area contributed by atoms with Gasteiger partial charge in [-0.25, -0.2) is 4.79 Å². The van der Waals surface area contributed by atoms with E-state index in [0.29, 0.717) is 65.6 Å². The van der Waals surface area contributed by atoms with Crippen LogP contribution in [-0.4, -0.2) is 22.8 Å². The van der Waals surface area contributed by atoms with Crippen molar-refractivity contribution in [2.75, 3.05) is 0 Å². The quantitative estimate of drug-likeness (QED) is 0.0761. The van der Waals surface area contributed by atoms with Gasteiger partial charge in [-0.1, -0.05) is 64.1 Å². The van der Waals surface area contributed by atoms with Crippen LogP contribution < -0.4 is 19.9 Å². The summed E-state index contributed by atoms with van der Waals surface area (Å²) in [5.74, 6) is 0.582. The molecule has 12 rings (SSSR count). The molecule has 9 aromatic rings. The molecule has 0 bridgehead atoms. The molecule has 242 valence electrons.